The van der Waals surface area contributed by atoms with Crippen LogP contribution in [0.3, 0.4) is 0 Å². The number of hydrogen-bond donors (Lipinski definition) is 2. The Balaban J connectivity index is 2.72. The molecule has 0 aromatic rings. The molecule has 6 heteroatoms. The van der Waals surface area contributed by atoms with E-state index in [2.05, 4.69) is 30.1 Å². The molecular formula is C19H29N3O3. The normalized spacial score (nSPS) is 21.2. The molecule has 0 saturated carbocycles. The largest absolute Gasteiger partial charge is 0.346 e. The molecular weight excluding hydrogens is 318 g/mol. The average molecular weight is 347 g/mol. The summed E-state index contributed by atoms with van der Waals surface area (Å²) in [4.78, 5) is 38.8. The minimum Gasteiger partial charge on any atom is -0.346 e. The first-order valence-corrected chi connectivity index (χ1v) is 8.81. The average Bonchev–Trinajstić information content (AvgIpc) is 2.96. The molecule has 1 fully saturated rings. The third-order valence-electron chi connectivity index (χ3n) is 4.48. The van der Waals surface area contributed by atoms with Gasteiger partial charge < -0.3 is 10.6 Å². The molecule has 1 aliphatic heterocycles. The second kappa shape index (κ2) is 10.7. The van der Waals surface area contributed by atoms with Crippen LogP contribution >= 0.6 is 0 Å². The number of rotatable bonds is 10. The van der Waals surface area contributed by atoms with Crippen LogP contribution < -0.4 is 10.6 Å². The van der Waals surface area contributed by atoms with E-state index in [1.807, 2.05) is 11.9 Å². The van der Waals surface area contributed by atoms with Crippen molar-refractivity contribution in [1.29, 1.82) is 0 Å². The fourth-order valence-corrected chi connectivity index (χ4v) is 3.20. The molecule has 6 nitrogen and oxygen atoms in total. The Morgan fingerprint density at radius 2 is 2.16 bits per heavy atom. The van der Waals surface area contributed by atoms with Gasteiger partial charge in [-0.3, -0.25) is 19.3 Å². The molecule has 0 aromatic heterocycles. The zero-order valence-corrected chi connectivity index (χ0v) is 15.2. The fraction of sp³-hybridized carbons (Fsp3) is 0.632. The number of likely N-dealkylation sites (N-methyl/N-ethyl adjacent to an activating group) is 1. The molecule has 1 aliphatic rings. The number of Topliss-reactive ketones (excluding diaryl/α,β-unsaturated/α-hetero) is 1. The molecule has 138 valence electrons. The third kappa shape index (κ3) is 6.35. The molecule has 1 heterocycles. The number of carbonyl (C=O) groups is 3. The van der Waals surface area contributed by atoms with E-state index in [1.54, 1.807) is 0 Å². The summed E-state index contributed by atoms with van der Waals surface area (Å²) in [5.41, 5.74) is 0. The number of likely N-dealkylation sites (tertiary alicyclic amines) is 1. The predicted molar refractivity (Wildman–Crippen MR) is 97.6 cm³/mol. The van der Waals surface area contributed by atoms with Gasteiger partial charge in [0.25, 0.3) is 5.91 Å². The quantitative estimate of drug-likeness (QED) is 0.349. The van der Waals surface area contributed by atoms with Gasteiger partial charge in [-0.25, -0.2) is 0 Å². The summed E-state index contributed by atoms with van der Waals surface area (Å²) in [6, 6.07) is -1.17. The van der Waals surface area contributed by atoms with Gasteiger partial charge in [0, 0.05) is 19.5 Å². The van der Waals surface area contributed by atoms with Crippen molar-refractivity contribution in [2.45, 2.75) is 51.1 Å². The lowest BCUT2D eigenvalue weighted by atomic mass is 9.99. The minimum absolute atomic E-state index is 0.199. The van der Waals surface area contributed by atoms with E-state index >= 15 is 0 Å². The first-order chi connectivity index (χ1) is 11.9. The molecule has 1 rings (SSSR count). The molecule has 2 N–H and O–H groups in total. The van der Waals surface area contributed by atoms with Crippen molar-refractivity contribution in [3.8, 4) is 12.3 Å². The van der Waals surface area contributed by atoms with Crippen LogP contribution in [0.4, 0.5) is 0 Å². The van der Waals surface area contributed by atoms with Crippen molar-refractivity contribution in [2.75, 3.05) is 20.1 Å². The van der Waals surface area contributed by atoms with E-state index in [9.17, 15) is 14.4 Å². The molecule has 2 unspecified atom stereocenters. The highest BCUT2D eigenvalue weighted by molar-refractivity contribution is 6.38. The highest BCUT2D eigenvalue weighted by atomic mass is 16.2. The number of nitrogens with one attached hydrogen (secondary N) is 2. The van der Waals surface area contributed by atoms with Crippen LogP contribution in [-0.4, -0.2) is 54.7 Å². The summed E-state index contributed by atoms with van der Waals surface area (Å²) in [5, 5.41) is 5.18. The smallest absolute Gasteiger partial charge is 0.289 e. The maximum atomic E-state index is 12.6. The van der Waals surface area contributed by atoms with Gasteiger partial charge in [-0.2, -0.15) is 0 Å². The molecule has 0 aromatic carbocycles. The van der Waals surface area contributed by atoms with Crippen molar-refractivity contribution in [2.24, 2.45) is 5.92 Å². The van der Waals surface area contributed by atoms with Gasteiger partial charge in [-0.1, -0.05) is 19.4 Å². The van der Waals surface area contributed by atoms with Crippen molar-refractivity contribution >= 4 is 17.6 Å². The van der Waals surface area contributed by atoms with Crippen molar-refractivity contribution in [3.05, 3.63) is 12.7 Å². The topological polar surface area (TPSA) is 78.5 Å². The Bertz CT molecular complexity index is 539. The monoisotopic (exact) mass is 347 g/mol. The number of ketones is 1. The maximum Gasteiger partial charge on any atom is 0.289 e. The Morgan fingerprint density at radius 1 is 1.44 bits per heavy atom. The van der Waals surface area contributed by atoms with Crippen molar-refractivity contribution in [3.63, 3.8) is 0 Å². The van der Waals surface area contributed by atoms with Gasteiger partial charge in [0.2, 0.25) is 11.7 Å². The van der Waals surface area contributed by atoms with Crippen LogP contribution in [0.1, 0.15) is 39.0 Å². The lowest BCUT2D eigenvalue weighted by Gasteiger charge is -2.22. The van der Waals surface area contributed by atoms with Gasteiger partial charge in [-0.15, -0.1) is 18.9 Å². The van der Waals surface area contributed by atoms with E-state index in [-0.39, 0.29) is 24.9 Å². The van der Waals surface area contributed by atoms with E-state index in [0.29, 0.717) is 12.3 Å². The van der Waals surface area contributed by atoms with Crippen molar-refractivity contribution in [1.82, 2.24) is 15.5 Å². The summed E-state index contributed by atoms with van der Waals surface area (Å²) >= 11 is 0. The summed E-state index contributed by atoms with van der Waals surface area (Å²) in [6.07, 6.45) is 10.2. The number of amides is 2. The Morgan fingerprint density at radius 3 is 2.76 bits per heavy atom. The second-order valence-corrected chi connectivity index (χ2v) is 6.51. The Hall–Kier alpha value is -2.13. The summed E-state index contributed by atoms with van der Waals surface area (Å²) in [6.45, 7) is 6.69. The fourth-order valence-electron chi connectivity index (χ4n) is 3.20. The minimum atomic E-state index is -0.896. The highest BCUT2D eigenvalue weighted by Crippen LogP contribution is 2.25. The highest BCUT2D eigenvalue weighted by Gasteiger charge is 2.36. The number of nitrogens with zero attached hydrogens (tertiary/aromatic N) is 1. The summed E-state index contributed by atoms with van der Waals surface area (Å²) in [5.74, 6) is 1.32. The van der Waals surface area contributed by atoms with Crippen LogP contribution in [0.25, 0.3) is 0 Å². The van der Waals surface area contributed by atoms with Gasteiger partial charge in [0.05, 0.1) is 12.1 Å². The van der Waals surface area contributed by atoms with E-state index < -0.39 is 17.7 Å². The number of terminal acetylenes is 1. The molecule has 0 aliphatic carbocycles. The zero-order valence-electron chi connectivity index (χ0n) is 15.2. The lowest BCUT2D eigenvalue weighted by Crippen LogP contribution is -2.51. The van der Waals surface area contributed by atoms with Crippen LogP contribution in [0, 0.1) is 18.3 Å². The van der Waals surface area contributed by atoms with E-state index in [0.717, 1.165) is 25.8 Å². The molecule has 25 heavy (non-hydrogen) atoms. The number of hydrogen-bond acceptors (Lipinski definition) is 4. The summed E-state index contributed by atoms with van der Waals surface area (Å²) < 4.78 is 0. The van der Waals surface area contributed by atoms with Crippen LogP contribution in [0.5, 0.6) is 0 Å². The standard InChI is InChI=1S/C19H29N3O3/c1-5-8-10-15(17(23)19(25)20-11-7-3)21-18(24)16-12-14(9-6-2)13-22(16)4/h1,7,14-16H,3,6,8-13H2,2,4H3,(H,20,25)(H,21,24)/t14-,15?,16?/m1/s1. The lowest BCUT2D eigenvalue weighted by molar-refractivity contribution is -0.140. The molecule has 0 spiro atoms. The van der Waals surface area contributed by atoms with E-state index in [4.69, 9.17) is 6.42 Å². The first kappa shape index (κ1) is 20.9. The molecule has 3 atom stereocenters. The van der Waals surface area contributed by atoms with Crippen molar-refractivity contribution < 1.29 is 14.4 Å². The SMILES string of the molecule is C#CCCC(NC(=O)C1C[C@@H](CCC)CN1C)C(=O)C(=O)NCC=C. The van der Waals surface area contributed by atoms with E-state index in [1.165, 1.54) is 6.08 Å². The maximum absolute atomic E-state index is 12.6. The van der Waals surface area contributed by atoms with Gasteiger partial charge in [0.1, 0.15) is 0 Å². The molecule has 0 radical (unpaired) electrons. The predicted octanol–water partition coefficient (Wildman–Crippen LogP) is 0.876. The number of carbonyl (C=O) groups excluding carboxylic acids is 3. The van der Waals surface area contributed by atoms with Gasteiger partial charge >= 0.3 is 0 Å². The Labute approximate surface area is 150 Å². The third-order valence-corrected chi connectivity index (χ3v) is 4.48. The molecule has 0 bridgehead atoms. The first-order valence-electron chi connectivity index (χ1n) is 8.81. The van der Waals surface area contributed by atoms with Crippen LogP contribution in [0.2, 0.25) is 0 Å². The summed E-state index contributed by atoms with van der Waals surface area (Å²) in [7, 11) is 1.91. The molecule has 2 amide bonds. The second-order valence-electron chi connectivity index (χ2n) is 6.51. The molecule has 1 saturated heterocycles. The Kier molecular flexibility index (Phi) is 8.93. The van der Waals surface area contributed by atoms with Crippen LogP contribution in [-0.2, 0) is 14.4 Å². The van der Waals surface area contributed by atoms with Crippen LogP contribution in [0.15, 0.2) is 12.7 Å². The van der Waals surface area contributed by atoms with Gasteiger partial charge in [-0.05, 0) is 32.2 Å². The zero-order chi connectivity index (χ0) is 18.8. The van der Waals surface area contributed by atoms with Gasteiger partial charge in [0.15, 0.2) is 0 Å².